The van der Waals surface area contributed by atoms with Crippen molar-refractivity contribution in [1.82, 2.24) is 9.88 Å². The van der Waals surface area contributed by atoms with E-state index in [9.17, 15) is 5.11 Å². The molecule has 0 fully saturated rings. The van der Waals surface area contributed by atoms with Crippen LogP contribution >= 0.6 is 0 Å². The summed E-state index contributed by atoms with van der Waals surface area (Å²) in [5.41, 5.74) is 2.20. The molecule has 0 saturated carbocycles. The number of pyridine rings is 1. The molecule has 0 saturated heterocycles. The van der Waals surface area contributed by atoms with Crippen molar-refractivity contribution in [2.24, 2.45) is 0 Å². The highest BCUT2D eigenvalue weighted by atomic mass is 16.3. The first-order chi connectivity index (χ1) is 7.11. The summed E-state index contributed by atoms with van der Waals surface area (Å²) in [4.78, 5) is 6.30. The van der Waals surface area contributed by atoms with Crippen LogP contribution in [-0.2, 0) is 12.8 Å². The average Bonchev–Trinajstić information content (AvgIpc) is 2.17. The smallest absolute Gasteiger partial charge is 0.0722 e. The Morgan fingerprint density at radius 3 is 2.60 bits per heavy atom. The minimum absolute atomic E-state index is 0.333. The largest absolute Gasteiger partial charge is 0.391 e. The van der Waals surface area contributed by atoms with Gasteiger partial charge in [0.15, 0.2) is 0 Å². The predicted octanol–water partition coefficient (Wildman–Crippen LogP) is 1.11. The molecule has 1 aromatic rings. The van der Waals surface area contributed by atoms with Crippen LogP contribution in [0.5, 0.6) is 0 Å². The molecule has 1 atom stereocenters. The molecule has 3 nitrogen and oxygen atoms in total. The molecule has 1 heterocycles. The molecule has 3 heteroatoms. The van der Waals surface area contributed by atoms with Crippen LogP contribution in [0.1, 0.15) is 18.2 Å². The standard InChI is InChI=1S/C12H20N2O/c1-4-10-5-6-11(13-8-10)7-12(15)9-14(2)3/h5-6,8,12,15H,4,7,9H2,1-3H3. The molecule has 15 heavy (non-hydrogen) atoms. The Morgan fingerprint density at radius 2 is 2.13 bits per heavy atom. The second kappa shape index (κ2) is 5.83. The Morgan fingerprint density at radius 1 is 1.40 bits per heavy atom. The zero-order valence-corrected chi connectivity index (χ0v) is 9.77. The molecule has 0 aromatic carbocycles. The van der Waals surface area contributed by atoms with Gasteiger partial charge in [0.2, 0.25) is 0 Å². The van der Waals surface area contributed by atoms with Crippen LogP contribution in [0.2, 0.25) is 0 Å². The Kier molecular flexibility index (Phi) is 4.72. The summed E-state index contributed by atoms with van der Waals surface area (Å²) < 4.78 is 0. The quantitative estimate of drug-likeness (QED) is 0.787. The summed E-state index contributed by atoms with van der Waals surface area (Å²) >= 11 is 0. The number of rotatable bonds is 5. The molecule has 0 aliphatic heterocycles. The van der Waals surface area contributed by atoms with E-state index in [4.69, 9.17) is 0 Å². The van der Waals surface area contributed by atoms with Gasteiger partial charge in [0.25, 0.3) is 0 Å². The van der Waals surface area contributed by atoms with Crippen molar-refractivity contribution in [2.75, 3.05) is 20.6 Å². The van der Waals surface area contributed by atoms with Crippen molar-refractivity contribution in [1.29, 1.82) is 0 Å². The lowest BCUT2D eigenvalue weighted by Gasteiger charge is -2.15. The van der Waals surface area contributed by atoms with Gasteiger partial charge in [-0.05, 0) is 32.1 Å². The molecule has 0 amide bonds. The number of hydrogen-bond acceptors (Lipinski definition) is 3. The highest BCUT2D eigenvalue weighted by molar-refractivity contribution is 5.14. The van der Waals surface area contributed by atoms with Crippen molar-refractivity contribution in [3.8, 4) is 0 Å². The van der Waals surface area contributed by atoms with Crippen molar-refractivity contribution >= 4 is 0 Å². The molecule has 1 aromatic heterocycles. The summed E-state index contributed by atoms with van der Waals surface area (Å²) in [6, 6.07) is 4.07. The number of hydrogen-bond donors (Lipinski definition) is 1. The lowest BCUT2D eigenvalue weighted by atomic mass is 10.1. The average molecular weight is 208 g/mol. The Bertz CT molecular complexity index is 282. The van der Waals surface area contributed by atoms with Crippen LogP contribution in [0.15, 0.2) is 18.3 Å². The van der Waals surface area contributed by atoms with E-state index >= 15 is 0 Å². The van der Waals surface area contributed by atoms with Crippen LogP contribution in [-0.4, -0.2) is 41.7 Å². The third-order valence-electron chi connectivity index (χ3n) is 2.31. The maximum absolute atomic E-state index is 9.72. The van der Waals surface area contributed by atoms with E-state index in [1.807, 2.05) is 31.3 Å². The van der Waals surface area contributed by atoms with E-state index in [0.29, 0.717) is 13.0 Å². The summed E-state index contributed by atoms with van der Waals surface area (Å²) in [5, 5.41) is 9.72. The fourth-order valence-electron chi connectivity index (χ4n) is 1.51. The Labute approximate surface area is 91.8 Å². The third kappa shape index (κ3) is 4.40. The second-order valence-electron chi connectivity index (χ2n) is 4.13. The van der Waals surface area contributed by atoms with Gasteiger partial charge in [-0.3, -0.25) is 4.98 Å². The van der Waals surface area contributed by atoms with Crippen LogP contribution in [0.3, 0.4) is 0 Å². The molecule has 0 spiro atoms. The zero-order valence-electron chi connectivity index (χ0n) is 9.77. The number of aliphatic hydroxyl groups excluding tert-OH is 1. The Balaban J connectivity index is 2.49. The normalized spacial score (nSPS) is 13.1. The van der Waals surface area contributed by atoms with Gasteiger partial charge in [-0.25, -0.2) is 0 Å². The lowest BCUT2D eigenvalue weighted by Crippen LogP contribution is -2.27. The van der Waals surface area contributed by atoms with Gasteiger partial charge in [0, 0.05) is 24.9 Å². The number of likely N-dealkylation sites (N-methyl/N-ethyl adjacent to an activating group) is 1. The molecule has 0 aliphatic rings. The minimum atomic E-state index is -0.333. The number of aliphatic hydroxyl groups is 1. The van der Waals surface area contributed by atoms with Crippen molar-refractivity contribution < 1.29 is 5.11 Å². The van der Waals surface area contributed by atoms with Gasteiger partial charge in [0.1, 0.15) is 0 Å². The summed E-state index contributed by atoms with van der Waals surface area (Å²) in [6.07, 6.45) is 3.19. The maximum Gasteiger partial charge on any atom is 0.0722 e. The van der Waals surface area contributed by atoms with E-state index in [-0.39, 0.29) is 6.10 Å². The molecule has 1 rings (SSSR count). The van der Waals surface area contributed by atoms with E-state index in [1.54, 1.807) is 0 Å². The third-order valence-corrected chi connectivity index (χ3v) is 2.31. The number of nitrogens with zero attached hydrogens (tertiary/aromatic N) is 2. The lowest BCUT2D eigenvalue weighted by molar-refractivity contribution is 0.136. The van der Waals surface area contributed by atoms with Gasteiger partial charge >= 0.3 is 0 Å². The summed E-state index contributed by atoms with van der Waals surface area (Å²) in [6.45, 7) is 2.79. The van der Waals surface area contributed by atoms with Gasteiger partial charge in [-0.1, -0.05) is 13.0 Å². The highest BCUT2D eigenvalue weighted by Gasteiger charge is 2.07. The fourth-order valence-corrected chi connectivity index (χ4v) is 1.51. The molecular formula is C12H20N2O. The van der Waals surface area contributed by atoms with Gasteiger partial charge < -0.3 is 10.0 Å². The first kappa shape index (κ1) is 12.1. The van der Waals surface area contributed by atoms with Gasteiger partial charge in [-0.15, -0.1) is 0 Å². The van der Waals surface area contributed by atoms with Crippen molar-refractivity contribution in [2.45, 2.75) is 25.9 Å². The Hall–Kier alpha value is -0.930. The van der Waals surface area contributed by atoms with E-state index < -0.39 is 0 Å². The molecule has 0 aliphatic carbocycles. The molecule has 1 unspecified atom stereocenters. The first-order valence-electron chi connectivity index (χ1n) is 5.38. The van der Waals surface area contributed by atoms with Crippen LogP contribution in [0.4, 0.5) is 0 Å². The summed E-state index contributed by atoms with van der Waals surface area (Å²) in [5.74, 6) is 0. The first-order valence-corrected chi connectivity index (χ1v) is 5.38. The van der Waals surface area contributed by atoms with Gasteiger partial charge in [-0.2, -0.15) is 0 Å². The van der Waals surface area contributed by atoms with E-state index in [0.717, 1.165) is 12.1 Å². The summed E-state index contributed by atoms with van der Waals surface area (Å²) in [7, 11) is 3.91. The van der Waals surface area contributed by atoms with E-state index in [2.05, 4.69) is 18.0 Å². The SMILES string of the molecule is CCc1ccc(CC(O)CN(C)C)nc1. The second-order valence-corrected chi connectivity index (χ2v) is 4.13. The molecule has 1 N–H and O–H groups in total. The van der Waals surface area contributed by atoms with Gasteiger partial charge in [0.05, 0.1) is 6.10 Å². The van der Waals surface area contributed by atoms with Crippen LogP contribution < -0.4 is 0 Å². The van der Waals surface area contributed by atoms with Crippen LogP contribution in [0, 0.1) is 0 Å². The maximum atomic E-state index is 9.72. The zero-order chi connectivity index (χ0) is 11.3. The van der Waals surface area contributed by atoms with Crippen molar-refractivity contribution in [3.63, 3.8) is 0 Å². The molecular weight excluding hydrogens is 188 g/mol. The molecule has 0 bridgehead atoms. The van der Waals surface area contributed by atoms with Crippen LogP contribution in [0.25, 0.3) is 0 Å². The van der Waals surface area contributed by atoms with E-state index in [1.165, 1.54) is 5.56 Å². The van der Waals surface area contributed by atoms with Crippen molar-refractivity contribution in [3.05, 3.63) is 29.6 Å². The topological polar surface area (TPSA) is 36.4 Å². The molecule has 84 valence electrons. The highest BCUT2D eigenvalue weighted by Crippen LogP contribution is 2.04. The molecule has 0 radical (unpaired) electrons. The monoisotopic (exact) mass is 208 g/mol. The number of aromatic nitrogens is 1. The predicted molar refractivity (Wildman–Crippen MR) is 61.9 cm³/mol. The number of aryl methyl sites for hydroxylation is 1. The fraction of sp³-hybridized carbons (Fsp3) is 0.583. The minimum Gasteiger partial charge on any atom is -0.391 e.